The third kappa shape index (κ3) is 10.8. The Bertz CT molecular complexity index is 1100. The Morgan fingerprint density at radius 3 is 2.13 bits per heavy atom. The molecular formula is C32H44ClN2O2S+. The molecule has 3 rings (SSSR count). The molecular weight excluding hydrogens is 512 g/mol. The number of hydrogen-bond donors (Lipinski definition) is 1. The SMILES string of the molecule is CCCCCCCCCCCCCCOc1cc(Cl)ccc1NC(=O)c1ccc(C[n+]2cscc2C)cc1. The summed E-state index contributed by atoms with van der Waals surface area (Å²) < 4.78 is 8.24. The van der Waals surface area contributed by atoms with Crippen LogP contribution in [0.25, 0.3) is 0 Å². The molecule has 0 aliphatic rings. The van der Waals surface area contributed by atoms with Gasteiger partial charge < -0.3 is 10.1 Å². The Hall–Kier alpha value is -2.37. The third-order valence-corrected chi connectivity index (χ3v) is 7.98. The summed E-state index contributed by atoms with van der Waals surface area (Å²) in [6.07, 6.45) is 15.7. The molecule has 38 heavy (non-hydrogen) atoms. The Morgan fingerprint density at radius 2 is 1.53 bits per heavy atom. The molecule has 2 aromatic carbocycles. The standard InChI is InChI=1S/C32H43ClN2O2S/c1-3-4-5-6-7-8-9-10-11-12-13-14-21-37-31-22-29(33)19-20-30(31)34-32(36)28-17-15-27(16-18-28)23-35-25-38-24-26(35)2/h15-20,22,24-25H,3-14,21,23H2,1-2H3/p+1. The lowest BCUT2D eigenvalue weighted by atomic mass is 10.1. The smallest absolute Gasteiger partial charge is 0.255 e. The normalized spacial score (nSPS) is 11.0. The zero-order chi connectivity index (χ0) is 27.0. The lowest BCUT2D eigenvalue weighted by molar-refractivity contribution is -0.689. The number of ether oxygens (including phenoxy) is 1. The van der Waals surface area contributed by atoms with E-state index in [0.29, 0.717) is 28.6 Å². The van der Waals surface area contributed by atoms with E-state index in [4.69, 9.17) is 16.3 Å². The van der Waals surface area contributed by atoms with Crippen molar-refractivity contribution < 1.29 is 14.1 Å². The topological polar surface area (TPSA) is 42.2 Å². The van der Waals surface area contributed by atoms with Crippen molar-refractivity contribution in [3.63, 3.8) is 0 Å². The molecule has 0 aliphatic heterocycles. The molecule has 0 aliphatic carbocycles. The van der Waals surface area contributed by atoms with Crippen molar-refractivity contribution in [2.24, 2.45) is 0 Å². The molecule has 0 saturated carbocycles. The van der Waals surface area contributed by atoms with E-state index in [1.165, 1.54) is 69.9 Å². The number of aromatic nitrogens is 1. The number of carbonyl (C=O) groups is 1. The lowest BCUT2D eigenvalue weighted by Crippen LogP contribution is -2.34. The molecule has 1 aromatic heterocycles. The molecule has 0 unspecified atom stereocenters. The second-order valence-corrected chi connectivity index (χ2v) is 11.3. The Balaban J connectivity index is 1.37. The van der Waals surface area contributed by atoms with Gasteiger partial charge in [-0.15, -0.1) is 0 Å². The van der Waals surface area contributed by atoms with Crippen LogP contribution < -0.4 is 14.6 Å². The Morgan fingerprint density at radius 1 is 0.895 bits per heavy atom. The predicted molar refractivity (Wildman–Crippen MR) is 161 cm³/mol. The fourth-order valence-electron chi connectivity index (χ4n) is 4.51. The van der Waals surface area contributed by atoms with E-state index in [-0.39, 0.29) is 5.91 Å². The number of carbonyl (C=O) groups excluding carboxylic acids is 1. The van der Waals surface area contributed by atoms with Gasteiger partial charge in [-0.1, -0.05) is 113 Å². The first-order chi connectivity index (χ1) is 18.6. The monoisotopic (exact) mass is 555 g/mol. The van der Waals surface area contributed by atoms with Gasteiger partial charge in [0.2, 0.25) is 5.51 Å². The van der Waals surface area contributed by atoms with Gasteiger partial charge in [-0.25, -0.2) is 0 Å². The van der Waals surface area contributed by atoms with Gasteiger partial charge in [0.15, 0.2) is 12.2 Å². The molecule has 0 radical (unpaired) electrons. The average Bonchev–Trinajstić information content (AvgIpc) is 3.32. The first-order valence-electron chi connectivity index (χ1n) is 14.3. The number of benzene rings is 2. The van der Waals surface area contributed by atoms with Crippen LogP contribution in [0.5, 0.6) is 5.75 Å². The number of rotatable bonds is 18. The van der Waals surface area contributed by atoms with E-state index >= 15 is 0 Å². The molecule has 0 atom stereocenters. The summed E-state index contributed by atoms with van der Waals surface area (Å²) in [5, 5.41) is 5.72. The van der Waals surface area contributed by atoms with Crippen molar-refractivity contribution in [3.8, 4) is 5.75 Å². The number of anilines is 1. The number of thiazole rings is 1. The van der Waals surface area contributed by atoms with Crippen molar-refractivity contribution in [1.29, 1.82) is 0 Å². The number of nitrogens with zero attached hydrogens (tertiary/aromatic N) is 1. The summed E-state index contributed by atoms with van der Waals surface area (Å²) in [6, 6.07) is 13.1. The van der Waals surface area contributed by atoms with Crippen molar-refractivity contribution in [2.45, 2.75) is 97.4 Å². The second-order valence-electron chi connectivity index (χ2n) is 10.2. The number of aryl methyl sites for hydroxylation is 1. The minimum atomic E-state index is -0.159. The van der Waals surface area contributed by atoms with E-state index in [1.807, 2.05) is 30.3 Å². The third-order valence-electron chi connectivity index (χ3n) is 6.90. The zero-order valence-electron chi connectivity index (χ0n) is 23.1. The van der Waals surface area contributed by atoms with Crippen LogP contribution in [-0.4, -0.2) is 12.5 Å². The van der Waals surface area contributed by atoms with Crippen LogP contribution in [0.15, 0.2) is 53.4 Å². The van der Waals surface area contributed by atoms with E-state index < -0.39 is 0 Å². The molecule has 206 valence electrons. The summed E-state index contributed by atoms with van der Waals surface area (Å²) in [5.74, 6) is 0.461. The van der Waals surface area contributed by atoms with Gasteiger partial charge in [0.25, 0.3) is 5.91 Å². The molecule has 0 bridgehead atoms. The van der Waals surface area contributed by atoms with Crippen molar-refractivity contribution in [3.05, 3.63) is 75.2 Å². The van der Waals surface area contributed by atoms with E-state index in [2.05, 4.69) is 34.6 Å². The van der Waals surface area contributed by atoms with Crippen molar-refractivity contribution >= 4 is 34.5 Å². The predicted octanol–water partition coefficient (Wildman–Crippen LogP) is 9.38. The molecule has 1 heterocycles. The number of nitrogens with one attached hydrogen (secondary N) is 1. The van der Waals surface area contributed by atoms with Crippen LogP contribution in [-0.2, 0) is 6.54 Å². The van der Waals surface area contributed by atoms with Gasteiger partial charge >= 0.3 is 0 Å². The lowest BCUT2D eigenvalue weighted by Gasteiger charge is -2.13. The summed E-state index contributed by atoms with van der Waals surface area (Å²) in [4.78, 5) is 12.9. The first kappa shape index (κ1) is 30.2. The van der Waals surface area contributed by atoms with E-state index in [0.717, 1.165) is 24.9 Å². The number of unbranched alkanes of at least 4 members (excludes halogenated alkanes) is 11. The maximum atomic E-state index is 12.9. The van der Waals surface area contributed by atoms with Crippen LogP contribution in [0.2, 0.25) is 5.02 Å². The maximum absolute atomic E-state index is 12.9. The highest BCUT2D eigenvalue weighted by atomic mass is 35.5. The van der Waals surface area contributed by atoms with Crippen LogP contribution in [0.1, 0.15) is 106 Å². The summed E-state index contributed by atoms with van der Waals surface area (Å²) in [6.45, 7) is 5.79. The number of halogens is 1. The van der Waals surface area contributed by atoms with Gasteiger partial charge in [-0.2, -0.15) is 4.57 Å². The highest BCUT2D eigenvalue weighted by Crippen LogP contribution is 2.29. The highest BCUT2D eigenvalue weighted by Gasteiger charge is 2.13. The largest absolute Gasteiger partial charge is 0.491 e. The molecule has 1 amide bonds. The second kappa shape index (κ2) is 17.3. The van der Waals surface area contributed by atoms with Gasteiger partial charge in [0, 0.05) is 29.1 Å². The van der Waals surface area contributed by atoms with Crippen LogP contribution in [0.3, 0.4) is 0 Å². The summed E-state index contributed by atoms with van der Waals surface area (Å²) >= 11 is 7.91. The molecule has 4 nitrogen and oxygen atoms in total. The quantitative estimate of drug-likeness (QED) is 0.125. The van der Waals surface area contributed by atoms with Crippen LogP contribution >= 0.6 is 22.9 Å². The highest BCUT2D eigenvalue weighted by molar-refractivity contribution is 7.07. The van der Waals surface area contributed by atoms with E-state index in [1.54, 1.807) is 23.5 Å². The van der Waals surface area contributed by atoms with Gasteiger partial charge in [-0.05, 0) is 30.7 Å². The minimum Gasteiger partial charge on any atom is -0.491 e. The first-order valence-corrected chi connectivity index (χ1v) is 15.6. The van der Waals surface area contributed by atoms with Crippen molar-refractivity contribution in [2.75, 3.05) is 11.9 Å². The zero-order valence-corrected chi connectivity index (χ0v) is 24.7. The number of amides is 1. The molecule has 1 N–H and O–H groups in total. The molecule has 0 spiro atoms. The Labute approximate surface area is 238 Å². The molecule has 0 fully saturated rings. The van der Waals surface area contributed by atoms with Gasteiger partial charge in [0.05, 0.1) is 17.7 Å². The minimum absolute atomic E-state index is 0.159. The average molecular weight is 556 g/mol. The maximum Gasteiger partial charge on any atom is 0.255 e. The fourth-order valence-corrected chi connectivity index (χ4v) is 5.45. The number of hydrogen-bond acceptors (Lipinski definition) is 3. The van der Waals surface area contributed by atoms with E-state index in [9.17, 15) is 4.79 Å². The van der Waals surface area contributed by atoms with Crippen molar-refractivity contribution in [1.82, 2.24) is 0 Å². The van der Waals surface area contributed by atoms with Gasteiger partial charge in [0.1, 0.15) is 5.75 Å². The Kier molecular flexibility index (Phi) is 13.7. The summed E-state index contributed by atoms with van der Waals surface area (Å²) in [5.41, 5.74) is 5.76. The van der Waals surface area contributed by atoms with Crippen LogP contribution in [0.4, 0.5) is 5.69 Å². The summed E-state index contributed by atoms with van der Waals surface area (Å²) in [7, 11) is 0. The van der Waals surface area contributed by atoms with Gasteiger partial charge in [-0.3, -0.25) is 4.79 Å². The molecule has 6 heteroatoms. The molecule has 0 saturated heterocycles. The fraction of sp³-hybridized carbons (Fsp3) is 0.500. The molecule has 3 aromatic rings. The van der Waals surface area contributed by atoms with Crippen LogP contribution in [0, 0.1) is 6.92 Å².